The Morgan fingerprint density at radius 2 is 2.10 bits per heavy atom. The molecule has 2 N–H and O–H groups in total. The van der Waals surface area contributed by atoms with E-state index >= 15 is 0 Å². The van der Waals surface area contributed by atoms with Crippen molar-refractivity contribution in [3.8, 4) is 0 Å². The standard InChI is InChI=1S/C15H21N3O2S/c1-15(2,3)12-10-17-13(20-12)6-5-11-9-18-14(21-11)16-7-4-8-19/h5-6,9-10,19H,4,7-8H2,1-3H3,(H,16,18)/b6-5-. The van der Waals surface area contributed by atoms with Crippen LogP contribution in [0.4, 0.5) is 5.13 Å². The summed E-state index contributed by atoms with van der Waals surface area (Å²) in [6, 6.07) is 0. The molecule has 0 spiro atoms. The predicted molar refractivity (Wildman–Crippen MR) is 86.4 cm³/mol. The van der Waals surface area contributed by atoms with Gasteiger partial charge in [-0.15, -0.1) is 0 Å². The highest BCUT2D eigenvalue weighted by Gasteiger charge is 2.18. The average molecular weight is 307 g/mol. The van der Waals surface area contributed by atoms with Crippen LogP contribution in [0.25, 0.3) is 12.2 Å². The van der Waals surface area contributed by atoms with Crippen molar-refractivity contribution in [1.82, 2.24) is 9.97 Å². The molecule has 2 heterocycles. The second-order valence-corrected chi connectivity index (χ2v) is 6.78. The van der Waals surface area contributed by atoms with Crippen LogP contribution in [0.2, 0.25) is 0 Å². The minimum Gasteiger partial charge on any atom is -0.441 e. The third-order valence-corrected chi connectivity index (χ3v) is 3.71. The first-order valence-corrected chi connectivity index (χ1v) is 7.75. The lowest BCUT2D eigenvalue weighted by Gasteiger charge is -2.12. The number of hydrogen-bond acceptors (Lipinski definition) is 6. The molecular formula is C15H21N3O2S. The highest BCUT2D eigenvalue weighted by Crippen LogP contribution is 2.24. The molecule has 0 fully saturated rings. The summed E-state index contributed by atoms with van der Waals surface area (Å²) >= 11 is 1.55. The minimum absolute atomic E-state index is 0.0344. The van der Waals surface area contributed by atoms with Gasteiger partial charge in [-0.2, -0.15) is 0 Å². The van der Waals surface area contributed by atoms with Crippen LogP contribution in [-0.4, -0.2) is 28.2 Å². The molecule has 6 heteroatoms. The number of aliphatic hydroxyl groups is 1. The smallest absolute Gasteiger partial charge is 0.218 e. The van der Waals surface area contributed by atoms with Crippen LogP contribution < -0.4 is 5.32 Å². The summed E-state index contributed by atoms with van der Waals surface area (Å²) in [7, 11) is 0. The molecule has 0 saturated heterocycles. The van der Waals surface area contributed by atoms with Crippen LogP contribution in [0.15, 0.2) is 16.8 Å². The quantitative estimate of drug-likeness (QED) is 0.800. The number of rotatable bonds is 6. The Morgan fingerprint density at radius 3 is 2.76 bits per heavy atom. The maximum Gasteiger partial charge on any atom is 0.218 e. The molecule has 21 heavy (non-hydrogen) atoms. The molecule has 0 bridgehead atoms. The molecule has 0 aliphatic rings. The first-order chi connectivity index (χ1) is 9.99. The third kappa shape index (κ3) is 4.68. The first-order valence-electron chi connectivity index (χ1n) is 6.94. The zero-order valence-electron chi connectivity index (χ0n) is 12.6. The summed E-state index contributed by atoms with van der Waals surface area (Å²) in [5, 5.41) is 12.7. The van der Waals surface area contributed by atoms with Crippen molar-refractivity contribution >= 4 is 28.6 Å². The second-order valence-electron chi connectivity index (χ2n) is 5.72. The summed E-state index contributed by atoms with van der Waals surface area (Å²) in [4.78, 5) is 9.55. The van der Waals surface area contributed by atoms with E-state index in [4.69, 9.17) is 9.52 Å². The average Bonchev–Trinajstić information content (AvgIpc) is 3.05. The fourth-order valence-corrected chi connectivity index (χ4v) is 2.33. The Hall–Kier alpha value is -1.66. The van der Waals surface area contributed by atoms with Crippen molar-refractivity contribution in [1.29, 1.82) is 0 Å². The van der Waals surface area contributed by atoms with Crippen molar-refractivity contribution in [2.45, 2.75) is 32.6 Å². The molecule has 2 aromatic heterocycles. The van der Waals surface area contributed by atoms with E-state index in [1.54, 1.807) is 23.7 Å². The SMILES string of the molecule is CC(C)(C)c1cnc(/C=C\c2cnc(NCCCO)s2)o1. The fraction of sp³-hybridized carbons (Fsp3) is 0.467. The molecule has 0 aliphatic carbocycles. The van der Waals surface area contributed by atoms with E-state index in [1.165, 1.54) is 0 Å². The van der Waals surface area contributed by atoms with E-state index < -0.39 is 0 Å². The van der Waals surface area contributed by atoms with Crippen LogP contribution in [0.1, 0.15) is 43.7 Å². The molecular weight excluding hydrogens is 286 g/mol. The van der Waals surface area contributed by atoms with Gasteiger partial charge in [0.25, 0.3) is 0 Å². The highest BCUT2D eigenvalue weighted by molar-refractivity contribution is 7.16. The molecule has 0 unspecified atom stereocenters. The fourth-order valence-electron chi connectivity index (χ4n) is 1.58. The molecule has 2 rings (SSSR count). The van der Waals surface area contributed by atoms with Crippen LogP contribution in [0, 0.1) is 0 Å². The number of thiazole rings is 1. The molecule has 0 aromatic carbocycles. The van der Waals surface area contributed by atoms with Gasteiger partial charge in [-0.05, 0) is 12.5 Å². The third-order valence-electron chi connectivity index (χ3n) is 2.79. The molecule has 0 saturated carbocycles. The minimum atomic E-state index is -0.0344. The van der Waals surface area contributed by atoms with Gasteiger partial charge >= 0.3 is 0 Å². The van der Waals surface area contributed by atoms with Crippen molar-refractivity contribution < 1.29 is 9.52 Å². The monoisotopic (exact) mass is 307 g/mol. The van der Waals surface area contributed by atoms with Gasteiger partial charge in [0.2, 0.25) is 5.89 Å². The summed E-state index contributed by atoms with van der Waals surface area (Å²) < 4.78 is 5.70. The van der Waals surface area contributed by atoms with Crippen LogP contribution >= 0.6 is 11.3 Å². The second kappa shape index (κ2) is 6.87. The highest BCUT2D eigenvalue weighted by atomic mass is 32.1. The molecule has 114 valence electrons. The summed E-state index contributed by atoms with van der Waals surface area (Å²) in [6.45, 7) is 7.19. The Balaban J connectivity index is 1.96. The predicted octanol–water partition coefficient (Wildman–Crippen LogP) is 3.39. The summed E-state index contributed by atoms with van der Waals surface area (Å²) in [5.74, 6) is 1.47. The Kier molecular flexibility index (Phi) is 5.14. The van der Waals surface area contributed by atoms with E-state index in [2.05, 4.69) is 36.1 Å². The van der Waals surface area contributed by atoms with E-state index in [-0.39, 0.29) is 12.0 Å². The van der Waals surface area contributed by atoms with Gasteiger partial charge in [-0.25, -0.2) is 9.97 Å². The molecule has 2 aromatic rings. The molecule has 0 amide bonds. The summed E-state index contributed by atoms with van der Waals surface area (Å²) in [6.07, 6.45) is 8.08. The zero-order valence-corrected chi connectivity index (χ0v) is 13.4. The van der Waals surface area contributed by atoms with Crippen molar-refractivity contribution in [3.05, 3.63) is 28.9 Å². The van der Waals surface area contributed by atoms with Gasteiger partial charge in [0.1, 0.15) is 5.76 Å². The molecule has 0 aliphatic heterocycles. The van der Waals surface area contributed by atoms with Gasteiger partial charge < -0.3 is 14.8 Å². The number of nitrogens with one attached hydrogen (secondary N) is 1. The maximum absolute atomic E-state index is 8.73. The molecule has 0 radical (unpaired) electrons. The van der Waals surface area contributed by atoms with Gasteiger partial charge in [-0.3, -0.25) is 0 Å². The van der Waals surface area contributed by atoms with Crippen LogP contribution in [-0.2, 0) is 5.41 Å². The Labute approximate surface area is 128 Å². The topological polar surface area (TPSA) is 71.2 Å². The Morgan fingerprint density at radius 1 is 1.29 bits per heavy atom. The number of oxazole rings is 1. The van der Waals surface area contributed by atoms with E-state index in [9.17, 15) is 0 Å². The van der Waals surface area contributed by atoms with Crippen LogP contribution in [0.5, 0.6) is 0 Å². The maximum atomic E-state index is 8.73. The van der Waals surface area contributed by atoms with E-state index in [1.807, 2.05) is 12.2 Å². The van der Waals surface area contributed by atoms with Gasteiger partial charge in [0.15, 0.2) is 5.13 Å². The lowest BCUT2D eigenvalue weighted by Crippen LogP contribution is -2.09. The number of anilines is 1. The normalized spacial score (nSPS) is 12.2. The van der Waals surface area contributed by atoms with Crippen molar-refractivity contribution in [2.75, 3.05) is 18.5 Å². The number of hydrogen-bond donors (Lipinski definition) is 2. The zero-order chi connectivity index (χ0) is 15.3. The number of aliphatic hydroxyl groups excluding tert-OH is 1. The van der Waals surface area contributed by atoms with Gasteiger partial charge in [-0.1, -0.05) is 32.1 Å². The van der Waals surface area contributed by atoms with Crippen molar-refractivity contribution in [2.24, 2.45) is 0 Å². The lowest BCUT2D eigenvalue weighted by atomic mass is 9.94. The largest absolute Gasteiger partial charge is 0.441 e. The summed E-state index contributed by atoms with van der Waals surface area (Å²) in [5.41, 5.74) is -0.0344. The lowest BCUT2D eigenvalue weighted by molar-refractivity contribution is 0.292. The van der Waals surface area contributed by atoms with E-state index in [0.717, 1.165) is 28.7 Å². The van der Waals surface area contributed by atoms with Crippen molar-refractivity contribution in [3.63, 3.8) is 0 Å². The first kappa shape index (κ1) is 15.7. The van der Waals surface area contributed by atoms with Gasteiger partial charge in [0.05, 0.1) is 6.20 Å². The molecule has 0 atom stereocenters. The number of nitrogens with zero attached hydrogens (tertiary/aromatic N) is 2. The number of aromatic nitrogens is 2. The van der Waals surface area contributed by atoms with Crippen LogP contribution in [0.3, 0.4) is 0 Å². The molecule has 5 nitrogen and oxygen atoms in total. The Bertz CT molecular complexity index is 596. The van der Waals surface area contributed by atoms with Gasteiger partial charge in [0, 0.05) is 35.7 Å². The van der Waals surface area contributed by atoms with E-state index in [0.29, 0.717) is 5.89 Å².